The van der Waals surface area contributed by atoms with E-state index in [0.717, 1.165) is 19.3 Å². The summed E-state index contributed by atoms with van der Waals surface area (Å²) in [4.78, 5) is 14.5. The molecule has 0 unspecified atom stereocenters. The first-order valence-corrected chi connectivity index (χ1v) is 4.67. The van der Waals surface area contributed by atoms with E-state index in [1.807, 2.05) is 0 Å². The van der Waals surface area contributed by atoms with Gasteiger partial charge in [-0.1, -0.05) is 33.1 Å². The summed E-state index contributed by atoms with van der Waals surface area (Å²) in [7, 11) is 0. The van der Waals surface area contributed by atoms with Crippen molar-refractivity contribution in [1.29, 1.82) is 0 Å². The third-order valence-corrected chi connectivity index (χ3v) is 1.79. The topological polar surface area (TPSA) is 55.8 Å². The van der Waals surface area contributed by atoms with Gasteiger partial charge in [-0.3, -0.25) is 4.89 Å². The largest absolute Gasteiger partial charge is 0.345 e. The van der Waals surface area contributed by atoms with Crippen molar-refractivity contribution >= 4 is 5.97 Å². The maximum absolute atomic E-state index is 10.6. The van der Waals surface area contributed by atoms with Gasteiger partial charge in [0.1, 0.15) is 0 Å². The molecule has 0 saturated heterocycles. The predicted molar refractivity (Wildman–Crippen MR) is 47.7 cm³/mol. The van der Waals surface area contributed by atoms with Gasteiger partial charge in [0.2, 0.25) is 0 Å². The van der Waals surface area contributed by atoms with Crippen LogP contribution >= 0.6 is 0 Å². The lowest BCUT2D eigenvalue weighted by Gasteiger charge is -2.02. The second kappa shape index (κ2) is 8.01. The van der Waals surface area contributed by atoms with Crippen LogP contribution in [0.25, 0.3) is 0 Å². The van der Waals surface area contributed by atoms with E-state index < -0.39 is 5.97 Å². The Morgan fingerprint density at radius 2 is 2.00 bits per heavy atom. The highest BCUT2D eigenvalue weighted by Gasteiger charge is 2.03. The zero-order valence-electron chi connectivity index (χ0n) is 8.28. The highest BCUT2D eigenvalue weighted by molar-refractivity contribution is 5.68. The zero-order valence-corrected chi connectivity index (χ0v) is 8.28. The summed E-state index contributed by atoms with van der Waals surface area (Å²) >= 11 is 0. The molecule has 0 aromatic carbocycles. The standard InChI is InChI=1S/C9H18O4/c1-8(2)6-4-3-5-7-9(10)12-13-11/h8,11H,3-7H2,1-2H3. The number of carbonyl (C=O) groups is 1. The molecule has 0 radical (unpaired) electrons. The Hall–Kier alpha value is -0.610. The van der Waals surface area contributed by atoms with Crippen molar-refractivity contribution in [2.75, 3.05) is 0 Å². The molecule has 0 aliphatic carbocycles. The lowest BCUT2D eigenvalue weighted by molar-refractivity contribution is -0.462. The Balaban J connectivity index is 3.11. The number of hydrogen-bond donors (Lipinski definition) is 1. The molecule has 1 N–H and O–H groups in total. The normalized spacial score (nSPS) is 10.5. The fourth-order valence-electron chi connectivity index (χ4n) is 1.08. The molecule has 0 aromatic heterocycles. The second-order valence-electron chi connectivity index (χ2n) is 3.52. The van der Waals surface area contributed by atoms with Crippen molar-refractivity contribution in [2.24, 2.45) is 5.92 Å². The molecule has 0 saturated carbocycles. The summed E-state index contributed by atoms with van der Waals surface area (Å²) in [6.07, 6.45) is 4.42. The monoisotopic (exact) mass is 190 g/mol. The summed E-state index contributed by atoms with van der Waals surface area (Å²) in [6.45, 7) is 4.35. The van der Waals surface area contributed by atoms with Crippen LogP contribution in [0.5, 0.6) is 0 Å². The number of unbranched alkanes of at least 4 members (excludes halogenated alkanes) is 2. The third kappa shape index (κ3) is 9.30. The van der Waals surface area contributed by atoms with Gasteiger partial charge in [0, 0.05) is 6.42 Å². The van der Waals surface area contributed by atoms with Crippen LogP contribution in [0.2, 0.25) is 0 Å². The molecule has 0 bridgehead atoms. The molecule has 0 rings (SSSR count). The lowest BCUT2D eigenvalue weighted by Crippen LogP contribution is -2.02. The van der Waals surface area contributed by atoms with E-state index in [0.29, 0.717) is 12.3 Å². The second-order valence-corrected chi connectivity index (χ2v) is 3.52. The maximum Gasteiger partial charge on any atom is 0.345 e. The van der Waals surface area contributed by atoms with Crippen LogP contribution in [0.3, 0.4) is 0 Å². The van der Waals surface area contributed by atoms with E-state index in [-0.39, 0.29) is 0 Å². The minimum atomic E-state index is -0.521. The summed E-state index contributed by atoms with van der Waals surface area (Å²) < 4.78 is 0. The van der Waals surface area contributed by atoms with Crippen LogP contribution in [-0.4, -0.2) is 11.2 Å². The van der Waals surface area contributed by atoms with Gasteiger partial charge in [-0.15, -0.1) is 0 Å². The average Bonchev–Trinajstić information content (AvgIpc) is 2.03. The summed E-state index contributed by atoms with van der Waals surface area (Å²) in [5, 5.41) is 11.0. The van der Waals surface area contributed by atoms with Crippen molar-refractivity contribution in [2.45, 2.75) is 46.0 Å². The quantitative estimate of drug-likeness (QED) is 0.381. The molecular formula is C9H18O4. The van der Waals surface area contributed by atoms with Crippen LogP contribution < -0.4 is 0 Å². The number of hydrogen-bond acceptors (Lipinski definition) is 4. The smallest absolute Gasteiger partial charge is 0.269 e. The molecule has 0 atom stereocenters. The molecule has 13 heavy (non-hydrogen) atoms. The van der Waals surface area contributed by atoms with Gasteiger partial charge >= 0.3 is 5.97 Å². The van der Waals surface area contributed by atoms with Gasteiger partial charge in [0.15, 0.2) is 0 Å². The van der Waals surface area contributed by atoms with Crippen molar-refractivity contribution in [3.05, 3.63) is 0 Å². The van der Waals surface area contributed by atoms with Crippen molar-refractivity contribution in [3.8, 4) is 0 Å². The van der Waals surface area contributed by atoms with Crippen molar-refractivity contribution < 1.29 is 20.0 Å². The summed E-state index contributed by atoms with van der Waals surface area (Å²) in [6, 6.07) is 0. The third-order valence-electron chi connectivity index (χ3n) is 1.79. The van der Waals surface area contributed by atoms with Gasteiger partial charge in [-0.25, -0.2) is 10.1 Å². The molecular weight excluding hydrogens is 172 g/mol. The average molecular weight is 190 g/mol. The van der Waals surface area contributed by atoms with Gasteiger partial charge in [-0.2, -0.15) is 0 Å². The van der Waals surface area contributed by atoms with E-state index in [9.17, 15) is 4.79 Å². The summed E-state index contributed by atoms with van der Waals surface area (Å²) in [5.41, 5.74) is 0. The molecule has 0 spiro atoms. The number of carbonyl (C=O) groups excluding carboxylic acids is 1. The van der Waals surface area contributed by atoms with Gasteiger partial charge in [-0.05, 0) is 17.4 Å². The fraction of sp³-hybridized carbons (Fsp3) is 0.889. The molecule has 0 aromatic rings. The van der Waals surface area contributed by atoms with E-state index in [1.54, 1.807) is 0 Å². The van der Waals surface area contributed by atoms with E-state index in [1.165, 1.54) is 6.42 Å². The molecule has 0 aliphatic heterocycles. The molecule has 0 heterocycles. The van der Waals surface area contributed by atoms with Crippen molar-refractivity contribution in [3.63, 3.8) is 0 Å². The minimum absolute atomic E-state index is 0.304. The summed E-state index contributed by atoms with van der Waals surface area (Å²) in [5.74, 6) is 0.194. The molecule has 78 valence electrons. The maximum atomic E-state index is 10.6. The van der Waals surface area contributed by atoms with Gasteiger partial charge < -0.3 is 0 Å². The van der Waals surface area contributed by atoms with Crippen LogP contribution in [-0.2, 0) is 14.7 Å². The highest BCUT2D eigenvalue weighted by Crippen LogP contribution is 2.09. The van der Waals surface area contributed by atoms with Crippen molar-refractivity contribution in [1.82, 2.24) is 0 Å². The zero-order chi connectivity index (χ0) is 10.1. The minimum Gasteiger partial charge on any atom is -0.269 e. The van der Waals surface area contributed by atoms with Crippen LogP contribution in [0.1, 0.15) is 46.0 Å². The van der Waals surface area contributed by atoms with Crippen LogP contribution in [0.4, 0.5) is 0 Å². The molecule has 4 nitrogen and oxygen atoms in total. The van der Waals surface area contributed by atoms with Crippen LogP contribution in [0, 0.1) is 5.92 Å². The van der Waals surface area contributed by atoms with Gasteiger partial charge in [0.25, 0.3) is 0 Å². The first kappa shape index (κ1) is 12.4. The van der Waals surface area contributed by atoms with Gasteiger partial charge in [0.05, 0.1) is 0 Å². The number of rotatable bonds is 7. The Morgan fingerprint density at radius 1 is 1.31 bits per heavy atom. The fourth-order valence-corrected chi connectivity index (χ4v) is 1.08. The molecule has 0 aliphatic rings. The lowest BCUT2D eigenvalue weighted by atomic mass is 10.0. The molecule has 4 heteroatoms. The first-order valence-electron chi connectivity index (χ1n) is 4.67. The Kier molecular flexibility index (Phi) is 7.63. The highest BCUT2D eigenvalue weighted by atomic mass is 17.5. The van der Waals surface area contributed by atoms with E-state index in [4.69, 9.17) is 5.26 Å². The van der Waals surface area contributed by atoms with E-state index >= 15 is 0 Å². The van der Waals surface area contributed by atoms with Crippen LogP contribution in [0.15, 0.2) is 0 Å². The molecule has 0 fully saturated rings. The predicted octanol–water partition coefficient (Wildman–Crippen LogP) is 2.54. The van der Waals surface area contributed by atoms with E-state index in [2.05, 4.69) is 23.8 Å². The Bertz CT molecular complexity index is 134. The first-order chi connectivity index (χ1) is 6.16. The SMILES string of the molecule is CC(C)CCCCCC(=O)OOO. The Morgan fingerprint density at radius 3 is 2.54 bits per heavy atom. The Labute approximate surface area is 78.7 Å². The molecule has 0 amide bonds.